The number of fused-ring (bicyclic) bond motifs is 2. The summed E-state index contributed by atoms with van der Waals surface area (Å²) in [5.74, 6) is -0.526. The van der Waals surface area contributed by atoms with Crippen molar-refractivity contribution in [1.29, 1.82) is 0 Å². The van der Waals surface area contributed by atoms with Crippen LogP contribution in [0, 0.1) is 25.2 Å². The average Bonchev–Trinajstić information content (AvgIpc) is 3.62. The molecule has 0 radical (unpaired) electrons. The molecule has 0 fully saturated rings. The van der Waals surface area contributed by atoms with Gasteiger partial charge in [0.15, 0.2) is 0 Å². The molecule has 0 saturated carbocycles. The van der Waals surface area contributed by atoms with Crippen LogP contribution in [0.3, 0.4) is 0 Å². The summed E-state index contributed by atoms with van der Waals surface area (Å²) in [6.45, 7) is 13.1. The monoisotopic (exact) mass is 672 g/mol. The van der Waals surface area contributed by atoms with Gasteiger partial charge < -0.3 is 5.32 Å². The molecule has 5 heterocycles. The number of nitrogens with zero attached hydrogens (tertiary/aromatic N) is 7. The van der Waals surface area contributed by atoms with Crippen molar-refractivity contribution in [3.05, 3.63) is 87.4 Å². The van der Waals surface area contributed by atoms with E-state index in [0.717, 1.165) is 38.5 Å². The highest BCUT2D eigenvalue weighted by atomic mass is 32.2. The third-order valence-electron chi connectivity index (χ3n) is 9.29. The molecule has 11 nitrogen and oxygen atoms in total. The standard InChI is InChI=1S/C34H40N8O3S2/c1-7-23-17-26-29(12-10-16-36-26)47(44,45)41(19-23)20-27-22(4)46-32(38-27)30(34(5,6)33(43)37-24-11-9-15-35-18-24)25-13-14-28-31(21(25)3)39-40-42(28)8-2/h9-16,18,23,30H,7-8,17,19-20H2,1-6H3,(H,37,43)/t23-,30+/m0/s1. The number of sulfonamides is 1. The van der Waals surface area contributed by atoms with Crippen LogP contribution in [0.5, 0.6) is 0 Å². The first-order valence-electron chi connectivity index (χ1n) is 15.9. The van der Waals surface area contributed by atoms with Crippen LogP contribution in [-0.2, 0) is 34.3 Å². The van der Waals surface area contributed by atoms with Crippen molar-refractivity contribution in [3.63, 3.8) is 0 Å². The van der Waals surface area contributed by atoms with Crippen molar-refractivity contribution in [2.75, 3.05) is 11.9 Å². The molecule has 2 atom stereocenters. The van der Waals surface area contributed by atoms with E-state index in [-0.39, 0.29) is 23.3 Å². The van der Waals surface area contributed by atoms with Crippen molar-refractivity contribution in [1.82, 2.24) is 34.3 Å². The fraction of sp³-hybridized carbons (Fsp3) is 0.412. The number of carbonyl (C=O) groups excluding carboxylic acids is 1. The number of benzene rings is 1. The Morgan fingerprint density at radius 2 is 1.91 bits per heavy atom. The SMILES string of the molecule is CC[C@H]1Cc2ncccc2S(=O)(=O)N(Cc2nc([C@@H](c3ccc4c(nnn4CC)c3C)C(C)(C)C(=O)Nc3cccnc3)sc2C)C1. The minimum Gasteiger partial charge on any atom is -0.324 e. The third-order valence-corrected chi connectivity index (χ3v) is 12.3. The highest BCUT2D eigenvalue weighted by Gasteiger charge is 2.43. The van der Waals surface area contributed by atoms with Crippen LogP contribution in [0.15, 0.2) is 59.9 Å². The molecule has 0 saturated heterocycles. The Balaban J connectivity index is 1.43. The van der Waals surface area contributed by atoms with Gasteiger partial charge in [-0.3, -0.25) is 14.8 Å². The number of amides is 1. The predicted molar refractivity (Wildman–Crippen MR) is 183 cm³/mol. The van der Waals surface area contributed by atoms with Gasteiger partial charge in [-0.2, -0.15) is 4.31 Å². The first-order valence-corrected chi connectivity index (χ1v) is 18.2. The Bertz CT molecular complexity index is 2040. The molecule has 0 aliphatic carbocycles. The summed E-state index contributed by atoms with van der Waals surface area (Å²) in [6, 6.07) is 11.0. The maximum absolute atomic E-state index is 14.1. The van der Waals surface area contributed by atoms with E-state index in [0.29, 0.717) is 36.6 Å². The molecule has 0 spiro atoms. The molecule has 0 bridgehead atoms. The van der Waals surface area contributed by atoms with E-state index in [2.05, 4.69) is 32.5 Å². The zero-order valence-electron chi connectivity index (χ0n) is 27.6. The summed E-state index contributed by atoms with van der Waals surface area (Å²) in [5.41, 5.74) is 4.46. The largest absolute Gasteiger partial charge is 0.324 e. The lowest BCUT2D eigenvalue weighted by Gasteiger charge is -2.33. The Morgan fingerprint density at radius 3 is 2.64 bits per heavy atom. The smallest absolute Gasteiger partial charge is 0.245 e. The number of pyridine rings is 2. The second-order valence-electron chi connectivity index (χ2n) is 12.7. The average molecular weight is 673 g/mol. The van der Waals surface area contributed by atoms with Crippen molar-refractivity contribution in [3.8, 4) is 0 Å². The van der Waals surface area contributed by atoms with Crippen molar-refractivity contribution in [2.24, 2.45) is 11.3 Å². The van der Waals surface area contributed by atoms with E-state index in [1.165, 1.54) is 11.3 Å². The number of nitrogens with one attached hydrogen (secondary N) is 1. The van der Waals surface area contributed by atoms with Crippen LogP contribution in [0.1, 0.15) is 72.4 Å². The second-order valence-corrected chi connectivity index (χ2v) is 15.8. The Labute approximate surface area is 279 Å². The van der Waals surface area contributed by atoms with Gasteiger partial charge in [0.25, 0.3) is 0 Å². The molecule has 4 aromatic heterocycles. The molecular weight excluding hydrogens is 633 g/mol. The van der Waals surface area contributed by atoms with Crippen LogP contribution >= 0.6 is 11.3 Å². The number of aryl methyl sites for hydroxylation is 3. The normalized spacial score (nSPS) is 17.3. The minimum absolute atomic E-state index is 0.132. The Morgan fingerprint density at radius 1 is 1.13 bits per heavy atom. The highest BCUT2D eigenvalue weighted by Crippen LogP contribution is 2.46. The van der Waals surface area contributed by atoms with Crippen molar-refractivity contribution in [2.45, 2.75) is 78.3 Å². The van der Waals surface area contributed by atoms with Gasteiger partial charge in [0.2, 0.25) is 15.9 Å². The van der Waals surface area contributed by atoms with E-state index in [4.69, 9.17) is 4.98 Å². The summed E-state index contributed by atoms with van der Waals surface area (Å²) >= 11 is 1.50. The molecule has 13 heteroatoms. The third kappa shape index (κ3) is 6.07. The fourth-order valence-corrected chi connectivity index (χ4v) is 9.30. The lowest BCUT2D eigenvalue weighted by molar-refractivity contribution is -0.124. The van der Waals surface area contributed by atoms with Crippen molar-refractivity contribution >= 4 is 44.0 Å². The summed E-state index contributed by atoms with van der Waals surface area (Å²) in [5, 5.41) is 12.6. The number of thiazole rings is 1. The van der Waals surface area contributed by atoms with Gasteiger partial charge in [0.1, 0.15) is 15.4 Å². The first-order chi connectivity index (χ1) is 22.4. The topological polar surface area (TPSA) is 136 Å². The maximum Gasteiger partial charge on any atom is 0.245 e. The first kappa shape index (κ1) is 32.9. The Kier molecular flexibility index (Phi) is 8.98. The van der Waals surface area contributed by atoms with E-state index < -0.39 is 21.4 Å². The molecule has 1 amide bonds. The number of carbonyl (C=O) groups is 1. The van der Waals surface area contributed by atoms with Crippen LogP contribution in [-0.4, -0.2) is 55.1 Å². The van der Waals surface area contributed by atoms with Crippen LogP contribution in [0.2, 0.25) is 0 Å². The van der Waals surface area contributed by atoms with E-state index in [1.807, 2.05) is 51.4 Å². The molecule has 0 unspecified atom stereocenters. The summed E-state index contributed by atoms with van der Waals surface area (Å²) in [4.78, 5) is 29.0. The fourth-order valence-electron chi connectivity index (χ4n) is 6.40. The number of rotatable bonds is 9. The lowest BCUT2D eigenvalue weighted by Crippen LogP contribution is -2.37. The maximum atomic E-state index is 14.1. The van der Waals surface area contributed by atoms with Gasteiger partial charge >= 0.3 is 0 Å². The van der Waals surface area contributed by atoms with Crippen LogP contribution in [0.4, 0.5) is 5.69 Å². The summed E-state index contributed by atoms with van der Waals surface area (Å²) in [6.07, 6.45) is 6.37. The molecular formula is C34H40N8O3S2. The van der Waals surface area contributed by atoms with Crippen LogP contribution < -0.4 is 5.32 Å². The van der Waals surface area contributed by atoms with Crippen molar-refractivity contribution < 1.29 is 13.2 Å². The zero-order chi connectivity index (χ0) is 33.5. The van der Waals surface area contributed by atoms with Crippen LogP contribution in [0.25, 0.3) is 11.0 Å². The summed E-state index contributed by atoms with van der Waals surface area (Å²) < 4.78 is 31.3. The van der Waals surface area contributed by atoms with E-state index >= 15 is 0 Å². The number of anilines is 1. The molecule has 246 valence electrons. The highest BCUT2D eigenvalue weighted by molar-refractivity contribution is 7.89. The van der Waals surface area contributed by atoms with E-state index in [9.17, 15) is 13.2 Å². The molecule has 1 aliphatic rings. The molecule has 1 N–H and O–H groups in total. The van der Waals surface area contributed by atoms with Gasteiger partial charge in [-0.1, -0.05) is 38.5 Å². The number of aromatic nitrogens is 6. The van der Waals surface area contributed by atoms with Gasteiger partial charge in [0.05, 0.1) is 46.7 Å². The van der Waals surface area contributed by atoms with Gasteiger partial charge in [-0.05, 0) is 74.6 Å². The quantitative estimate of drug-likeness (QED) is 0.205. The lowest BCUT2D eigenvalue weighted by atomic mass is 9.73. The molecule has 6 rings (SSSR count). The molecule has 5 aromatic rings. The Hall–Kier alpha value is -4.07. The van der Waals surface area contributed by atoms with Gasteiger partial charge in [-0.15, -0.1) is 16.4 Å². The molecule has 1 aliphatic heterocycles. The predicted octanol–water partition coefficient (Wildman–Crippen LogP) is 5.88. The number of hydrogen-bond donors (Lipinski definition) is 1. The van der Waals surface area contributed by atoms with E-state index in [1.54, 1.807) is 47.2 Å². The van der Waals surface area contributed by atoms with Gasteiger partial charge in [-0.25, -0.2) is 18.1 Å². The molecule has 47 heavy (non-hydrogen) atoms. The second kappa shape index (κ2) is 12.9. The van der Waals surface area contributed by atoms with Gasteiger partial charge in [0, 0.05) is 30.4 Å². The summed E-state index contributed by atoms with van der Waals surface area (Å²) in [7, 11) is -3.80. The zero-order valence-corrected chi connectivity index (χ0v) is 29.2. The minimum atomic E-state index is -3.80. The molecule has 1 aromatic carbocycles. The number of hydrogen-bond acceptors (Lipinski definition) is 9.